The first kappa shape index (κ1) is 23.2. The van der Waals surface area contributed by atoms with Crippen molar-refractivity contribution < 1.29 is 9.15 Å². The van der Waals surface area contributed by atoms with Gasteiger partial charge in [-0.3, -0.25) is 4.99 Å². The van der Waals surface area contributed by atoms with E-state index in [2.05, 4.69) is 45.3 Å². The Hall–Kier alpha value is -2.07. The number of aromatic nitrogens is 2. The number of para-hydroxylation sites is 2. The first-order valence-corrected chi connectivity index (χ1v) is 9.73. The predicted molar refractivity (Wildman–Crippen MR) is 127 cm³/mol. The van der Waals surface area contributed by atoms with Crippen LogP contribution in [0.2, 0.25) is 0 Å². The van der Waals surface area contributed by atoms with Crippen molar-refractivity contribution in [3.05, 3.63) is 54.2 Å². The average Bonchev–Trinajstić information content (AvgIpc) is 3.32. The number of rotatable bonds is 10. The summed E-state index contributed by atoms with van der Waals surface area (Å²) >= 11 is 0. The molecule has 7 nitrogen and oxygen atoms in total. The summed E-state index contributed by atoms with van der Waals surface area (Å²) in [6.45, 7) is 5.80. The molecule has 0 aliphatic heterocycles. The lowest BCUT2D eigenvalue weighted by Gasteiger charge is -2.12. The molecule has 2 heterocycles. The van der Waals surface area contributed by atoms with Crippen LogP contribution in [0, 0.1) is 6.92 Å². The molecule has 0 amide bonds. The van der Waals surface area contributed by atoms with E-state index >= 15 is 0 Å². The van der Waals surface area contributed by atoms with E-state index in [9.17, 15) is 0 Å². The maximum Gasteiger partial charge on any atom is 0.191 e. The van der Waals surface area contributed by atoms with Crippen LogP contribution in [0.25, 0.3) is 11.0 Å². The van der Waals surface area contributed by atoms with Crippen LogP contribution >= 0.6 is 24.0 Å². The third-order valence-electron chi connectivity index (χ3n) is 4.50. The number of fused-ring (bicyclic) bond motifs is 1. The van der Waals surface area contributed by atoms with Crippen molar-refractivity contribution in [2.45, 2.75) is 26.3 Å². The predicted octanol–water partition coefficient (Wildman–Crippen LogP) is 3.37. The second-order valence-electron chi connectivity index (χ2n) is 6.56. The highest BCUT2D eigenvalue weighted by Crippen LogP contribution is 2.15. The second kappa shape index (κ2) is 12.5. The van der Waals surface area contributed by atoms with Gasteiger partial charge < -0.3 is 24.4 Å². The summed E-state index contributed by atoms with van der Waals surface area (Å²) in [5.74, 6) is 2.81. The molecule has 0 atom stereocenters. The standard InChI is InChI=1S/C21H29N5O2.HI/c1-17-25-19-8-3-4-9-20(19)26(17)14-6-11-22-21(24-13-16-27-2)23-12-10-18-7-5-15-28-18;/h3-5,7-9,15H,6,10-14,16H2,1-2H3,(H2,22,23,24);1H. The fourth-order valence-corrected chi connectivity index (χ4v) is 3.10. The molecule has 158 valence electrons. The molecule has 3 aromatic rings. The minimum absolute atomic E-state index is 0. The molecule has 0 aliphatic rings. The van der Waals surface area contributed by atoms with Gasteiger partial charge in [0.25, 0.3) is 0 Å². The molecule has 1 aromatic carbocycles. The fraction of sp³-hybridized carbons (Fsp3) is 0.429. The van der Waals surface area contributed by atoms with Gasteiger partial charge in [0.1, 0.15) is 11.6 Å². The van der Waals surface area contributed by atoms with Crippen LogP contribution in [0.15, 0.2) is 52.1 Å². The SMILES string of the molecule is COCCNC(=NCCCn1c(C)nc2ccccc21)NCCc1ccco1.I. The Morgan fingerprint density at radius 3 is 2.79 bits per heavy atom. The van der Waals surface area contributed by atoms with E-state index in [1.807, 2.05) is 18.2 Å². The molecular formula is C21H30IN5O2. The molecule has 0 saturated carbocycles. The summed E-state index contributed by atoms with van der Waals surface area (Å²) in [5.41, 5.74) is 2.23. The largest absolute Gasteiger partial charge is 0.469 e. The summed E-state index contributed by atoms with van der Waals surface area (Å²) in [4.78, 5) is 9.32. The highest BCUT2D eigenvalue weighted by atomic mass is 127. The third kappa shape index (κ3) is 7.04. The Balaban J connectivity index is 0.00000300. The zero-order valence-corrected chi connectivity index (χ0v) is 19.4. The molecule has 0 aliphatic carbocycles. The van der Waals surface area contributed by atoms with Gasteiger partial charge >= 0.3 is 0 Å². The van der Waals surface area contributed by atoms with E-state index in [1.54, 1.807) is 13.4 Å². The zero-order chi connectivity index (χ0) is 19.6. The minimum Gasteiger partial charge on any atom is -0.469 e. The van der Waals surface area contributed by atoms with Gasteiger partial charge in [0.2, 0.25) is 0 Å². The number of halogens is 1. The Morgan fingerprint density at radius 2 is 2.00 bits per heavy atom. The molecule has 0 spiro atoms. The summed E-state index contributed by atoms with van der Waals surface area (Å²) in [6, 6.07) is 12.1. The van der Waals surface area contributed by atoms with Crippen LogP contribution in [0.1, 0.15) is 18.0 Å². The summed E-state index contributed by atoms with van der Waals surface area (Å²) in [7, 11) is 1.70. The quantitative estimate of drug-likeness (QED) is 0.189. The molecule has 0 bridgehead atoms. The van der Waals surface area contributed by atoms with Crippen molar-refractivity contribution in [3.8, 4) is 0 Å². The minimum atomic E-state index is 0. The average molecular weight is 511 g/mol. The lowest BCUT2D eigenvalue weighted by Crippen LogP contribution is -2.40. The smallest absolute Gasteiger partial charge is 0.191 e. The van der Waals surface area contributed by atoms with Crippen molar-refractivity contribution in [1.82, 2.24) is 20.2 Å². The number of ether oxygens (including phenoxy) is 1. The number of hydrogen-bond donors (Lipinski definition) is 2. The van der Waals surface area contributed by atoms with E-state index < -0.39 is 0 Å². The van der Waals surface area contributed by atoms with Gasteiger partial charge in [-0.05, 0) is 37.6 Å². The van der Waals surface area contributed by atoms with Crippen molar-refractivity contribution in [1.29, 1.82) is 0 Å². The van der Waals surface area contributed by atoms with Crippen LogP contribution in [-0.2, 0) is 17.7 Å². The number of aryl methyl sites for hydroxylation is 2. The maximum atomic E-state index is 5.37. The van der Waals surface area contributed by atoms with Crippen LogP contribution in [0.5, 0.6) is 0 Å². The summed E-state index contributed by atoms with van der Waals surface area (Å²) in [5, 5.41) is 6.66. The molecule has 3 rings (SSSR count). The number of guanidine groups is 1. The molecule has 0 unspecified atom stereocenters. The number of aliphatic imine (C=N–C) groups is 1. The van der Waals surface area contributed by atoms with Crippen LogP contribution < -0.4 is 10.6 Å². The first-order chi connectivity index (χ1) is 13.8. The van der Waals surface area contributed by atoms with Gasteiger partial charge in [-0.25, -0.2) is 4.98 Å². The van der Waals surface area contributed by atoms with Crippen molar-refractivity contribution in [3.63, 3.8) is 0 Å². The number of imidazole rings is 1. The molecule has 0 fully saturated rings. The highest BCUT2D eigenvalue weighted by Gasteiger charge is 2.06. The summed E-state index contributed by atoms with van der Waals surface area (Å²) < 4.78 is 12.7. The topological polar surface area (TPSA) is 76.6 Å². The highest BCUT2D eigenvalue weighted by molar-refractivity contribution is 14.0. The van der Waals surface area contributed by atoms with E-state index in [-0.39, 0.29) is 24.0 Å². The maximum absolute atomic E-state index is 5.37. The normalized spacial score (nSPS) is 11.4. The van der Waals surface area contributed by atoms with E-state index in [4.69, 9.17) is 14.1 Å². The molecule has 2 aromatic heterocycles. The van der Waals surface area contributed by atoms with Crippen LogP contribution in [0.3, 0.4) is 0 Å². The Bertz CT molecular complexity index is 876. The molecule has 2 N–H and O–H groups in total. The van der Waals surface area contributed by atoms with E-state index in [0.717, 1.165) is 55.5 Å². The van der Waals surface area contributed by atoms with Gasteiger partial charge in [0, 0.05) is 39.7 Å². The van der Waals surface area contributed by atoms with Gasteiger partial charge in [-0.2, -0.15) is 0 Å². The molecule has 0 saturated heterocycles. The molecule has 0 radical (unpaired) electrons. The van der Waals surface area contributed by atoms with E-state index in [0.29, 0.717) is 13.2 Å². The number of benzene rings is 1. The fourth-order valence-electron chi connectivity index (χ4n) is 3.10. The number of hydrogen-bond acceptors (Lipinski definition) is 4. The third-order valence-corrected chi connectivity index (χ3v) is 4.50. The Labute approximate surface area is 189 Å². The number of nitrogens with zero attached hydrogens (tertiary/aromatic N) is 3. The Morgan fingerprint density at radius 1 is 1.17 bits per heavy atom. The molecule has 8 heteroatoms. The van der Waals surface area contributed by atoms with Gasteiger partial charge in [-0.1, -0.05) is 12.1 Å². The van der Waals surface area contributed by atoms with Gasteiger partial charge in [-0.15, -0.1) is 24.0 Å². The second-order valence-corrected chi connectivity index (χ2v) is 6.56. The van der Waals surface area contributed by atoms with E-state index in [1.165, 1.54) is 5.52 Å². The van der Waals surface area contributed by atoms with Crippen molar-refractivity contribution >= 4 is 41.0 Å². The first-order valence-electron chi connectivity index (χ1n) is 9.73. The van der Waals surface area contributed by atoms with Crippen molar-refractivity contribution in [2.75, 3.05) is 33.4 Å². The summed E-state index contributed by atoms with van der Waals surface area (Å²) in [6.07, 6.45) is 3.46. The number of furan rings is 1. The molecular weight excluding hydrogens is 481 g/mol. The van der Waals surface area contributed by atoms with Gasteiger partial charge in [0.05, 0.1) is 23.9 Å². The monoisotopic (exact) mass is 511 g/mol. The number of methoxy groups -OCH3 is 1. The number of nitrogens with one attached hydrogen (secondary N) is 2. The Kier molecular flexibility index (Phi) is 9.99. The van der Waals surface area contributed by atoms with Crippen molar-refractivity contribution in [2.24, 2.45) is 4.99 Å². The van der Waals surface area contributed by atoms with Crippen LogP contribution in [-0.4, -0.2) is 48.9 Å². The zero-order valence-electron chi connectivity index (χ0n) is 17.1. The van der Waals surface area contributed by atoms with Gasteiger partial charge in [0.15, 0.2) is 5.96 Å². The molecule has 29 heavy (non-hydrogen) atoms. The lowest BCUT2D eigenvalue weighted by molar-refractivity contribution is 0.203. The van der Waals surface area contributed by atoms with Crippen LogP contribution in [0.4, 0.5) is 0 Å². The lowest BCUT2D eigenvalue weighted by atomic mass is 10.3.